The van der Waals surface area contributed by atoms with Gasteiger partial charge in [0.1, 0.15) is 35.7 Å². The first kappa shape index (κ1) is 29.5. The van der Waals surface area contributed by atoms with E-state index in [9.17, 15) is 0 Å². The van der Waals surface area contributed by atoms with Crippen molar-refractivity contribution >= 4 is 34.2 Å². The lowest BCUT2D eigenvalue weighted by Gasteiger charge is -2.34. The van der Waals surface area contributed by atoms with E-state index >= 15 is 0 Å². The molecule has 6 rings (SSSR count). The summed E-state index contributed by atoms with van der Waals surface area (Å²) in [6.45, 7) is 3.26. The van der Waals surface area contributed by atoms with Gasteiger partial charge in [-0.2, -0.15) is 0 Å². The molecule has 2 N–H and O–H groups in total. The van der Waals surface area contributed by atoms with E-state index in [1.807, 2.05) is 78.9 Å². The van der Waals surface area contributed by atoms with Gasteiger partial charge in [-0.25, -0.2) is 4.63 Å². The van der Waals surface area contributed by atoms with E-state index in [1.165, 1.54) is 19.3 Å². The van der Waals surface area contributed by atoms with E-state index in [0.717, 1.165) is 47.3 Å². The zero-order valence-electron chi connectivity index (χ0n) is 23.8. The molecule has 2 heterocycles. The fourth-order valence-electron chi connectivity index (χ4n) is 5.65. The second-order valence-electron chi connectivity index (χ2n) is 10.9. The fourth-order valence-corrected chi connectivity index (χ4v) is 6.18. The number of halogens is 2. The molecule has 5 aromatic rings. The molecule has 0 bridgehead atoms. The van der Waals surface area contributed by atoms with Crippen LogP contribution in [0.5, 0.6) is 11.5 Å². The Balaban J connectivity index is 1.25. The van der Waals surface area contributed by atoms with Crippen LogP contribution in [0.2, 0.25) is 10.0 Å². The lowest BCUT2D eigenvalue weighted by Crippen LogP contribution is -2.44. The highest BCUT2D eigenvalue weighted by molar-refractivity contribution is 6.34. The van der Waals surface area contributed by atoms with Gasteiger partial charge in [0.2, 0.25) is 0 Å². The van der Waals surface area contributed by atoms with Gasteiger partial charge in [0.25, 0.3) is 0 Å². The SMILES string of the molecule is NCC(Cc1cc(Cl)c(OCc2cccc(-c3ccccc3)c2Cl)cc1OCc1ccc2nonc2c1)N1CCCCC1. The van der Waals surface area contributed by atoms with Crippen LogP contribution < -0.4 is 15.2 Å². The number of ether oxygens (including phenoxy) is 2. The average molecular weight is 618 g/mol. The van der Waals surface area contributed by atoms with Crippen LogP contribution in [0.15, 0.2) is 83.5 Å². The van der Waals surface area contributed by atoms with Crippen molar-refractivity contribution in [2.75, 3.05) is 19.6 Å². The Bertz CT molecular complexity index is 1670. The molecule has 1 aliphatic heterocycles. The van der Waals surface area contributed by atoms with Crippen molar-refractivity contribution in [2.24, 2.45) is 5.73 Å². The standard InChI is InChI=1S/C34H34Cl2N4O3/c35-29-18-26(17-27(20-37)40-14-5-2-6-15-40)32(41-21-23-12-13-30-31(16-23)39-43-38-30)19-33(29)42-22-25-10-7-11-28(34(25)36)24-8-3-1-4-9-24/h1,3-4,7-13,16,18-19,27H,2,5-6,14-15,17,20-22,37H2. The third-order valence-electron chi connectivity index (χ3n) is 8.01. The molecule has 0 saturated carbocycles. The van der Waals surface area contributed by atoms with Crippen molar-refractivity contribution in [3.05, 3.63) is 106 Å². The summed E-state index contributed by atoms with van der Waals surface area (Å²) in [5.41, 5.74) is 12.5. The van der Waals surface area contributed by atoms with Crippen LogP contribution in [0.25, 0.3) is 22.2 Å². The minimum Gasteiger partial charge on any atom is -0.488 e. The number of likely N-dealkylation sites (tertiary alicyclic amines) is 1. The Morgan fingerprint density at radius 1 is 0.791 bits per heavy atom. The third kappa shape index (κ3) is 6.97. The molecule has 9 heteroatoms. The molecular weight excluding hydrogens is 583 g/mol. The molecule has 1 fully saturated rings. The number of fused-ring (bicyclic) bond motifs is 1. The summed E-state index contributed by atoms with van der Waals surface area (Å²) in [7, 11) is 0. The first-order chi connectivity index (χ1) is 21.1. The summed E-state index contributed by atoms with van der Waals surface area (Å²) in [5, 5.41) is 9.02. The molecule has 0 radical (unpaired) electrons. The number of benzene rings is 4. The Labute approximate surface area is 261 Å². The minimum absolute atomic E-state index is 0.197. The third-order valence-corrected chi connectivity index (χ3v) is 8.75. The van der Waals surface area contributed by atoms with Crippen LogP contribution in [0.3, 0.4) is 0 Å². The summed E-state index contributed by atoms with van der Waals surface area (Å²) in [5.74, 6) is 1.23. The molecular formula is C34H34Cl2N4O3. The first-order valence-corrected chi connectivity index (χ1v) is 15.4. The number of rotatable bonds is 11. The summed E-state index contributed by atoms with van der Waals surface area (Å²) in [4.78, 5) is 2.48. The van der Waals surface area contributed by atoms with E-state index in [1.54, 1.807) is 0 Å². The molecule has 43 heavy (non-hydrogen) atoms. The van der Waals surface area contributed by atoms with Gasteiger partial charge >= 0.3 is 0 Å². The second-order valence-corrected chi connectivity index (χ2v) is 11.7. The molecule has 7 nitrogen and oxygen atoms in total. The Morgan fingerprint density at radius 3 is 2.40 bits per heavy atom. The van der Waals surface area contributed by atoms with E-state index in [-0.39, 0.29) is 12.6 Å². The van der Waals surface area contributed by atoms with Crippen molar-refractivity contribution in [2.45, 2.75) is 44.9 Å². The van der Waals surface area contributed by atoms with Gasteiger partial charge in [-0.15, -0.1) is 0 Å². The zero-order valence-corrected chi connectivity index (χ0v) is 25.4. The monoisotopic (exact) mass is 616 g/mol. The highest BCUT2D eigenvalue weighted by Crippen LogP contribution is 2.37. The number of piperidine rings is 1. The number of hydrogen-bond donors (Lipinski definition) is 1. The van der Waals surface area contributed by atoms with E-state index in [0.29, 0.717) is 45.7 Å². The van der Waals surface area contributed by atoms with Gasteiger partial charge in [0.05, 0.1) is 10.0 Å². The average Bonchev–Trinajstić information content (AvgIpc) is 3.52. The second kappa shape index (κ2) is 13.8. The molecule has 4 aromatic carbocycles. The maximum absolute atomic E-state index is 6.83. The van der Waals surface area contributed by atoms with Gasteiger partial charge in [0, 0.05) is 29.8 Å². The highest BCUT2D eigenvalue weighted by Gasteiger charge is 2.23. The Morgan fingerprint density at radius 2 is 1.58 bits per heavy atom. The molecule has 1 aromatic heterocycles. The maximum atomic E-state index is 6.83. The molecule has 0 aliphatic carbocycles. The van der Waals surface area contributed by atoms with Gasteiger partial charge in [-0.05, 0) is 77.6 Å². The number of hydrogen-bond acceptors (Lipinski definition) is 7. The zero-order chi connectivity index (χ0) is 29.6. The quantitative estimate of drug-likeness (QED) is 0.163. The van der Waals surface area contributed by atoms with Crippen LogP contribution in [-0.4, -0.2) is 40.9 Å². The van der Waals surface area contributed by atoms with Crippen LogP contribution in [-0.2, 0) is 19.6 Å². The molecule has 1 aliphatic rings. The van der Waals surface area contributed by atoms with Crippen LogP contribution in [0, 0.1) is 0 Å². The molecule has 0 spiro atoms. The first-order valence-electron chi connectivity index (χ1n) is 14.6. The van der Waals surface area contributed by atoms with Crippen molar-refractivity contribution in [1.29, 1.82) is 0 Å². The number of aromatic nitrogens is 2. The molecule has 222 valence electrons. The van der Waals surface area contributed by atoms with Crippen molar-refractivity contribution in [3.63, 3.8) is 0 Å². The Kier molecular flexibility index (Phi) is 9.44. The number of nitrogens with two attached hydrogens (primary N) is 1. The van der Waals surface area contributed by atoms with Gasteiger partial charge < -0.3 is 15.2 Å². The number of nitrogens with zero attached hydrogens (tertiary/aromatic N) is 3. The molecule has 1 unspecified atom stereocenters. The van der Waals surface area contributed by atoms with Gasteiger partial charge in [-0.3, -0.25) is 4.90 Å². The van der Waals surface area contributed by atoms with E-state index in [4.69, 9.17) is 43.0 Å². The summed E-state index contributed by atoms with van der Waals surface area (Å²) in [6.07, 6.45) is 4.38. The molecule has 1 atom stereocenters. The summed E-state index contributed by atoms with van der Waals surface area (Å²) < 4.78 is 17.6. The lowest BCUT2D eigenvalue weighted by molar-refractivity contribution is 0.164. The van der Waals surface area contributed by atoms with Crippen LogP contribution in [0.4, 0.5) is 0 Å². The van der Waals surface area contributed by atoms with Crippen LogP contribution in [0.1, 0.15) is 36.0 Å². The van der Waals surface area contributed by atoms with Crippen molar-refractivity contribution < 1.29 is 14.1 Å². The highest BCUT2D eigenvalue weighted by atomic mass is 35.5. The molecule has 1 saturated heterocycles. The minimum atomic E-state index is 0.197. The van der Waals surface area contributed by atoms with E-state index < -0.39 is 0 Å². The Hall–Kier alpha value is -3.62. The molecule has 0 amide bonds. The predicted molar refractivity (Wildman–Crippen MR) is 171 cm³/mol. The van der Waals surface area contributed by atoms with Crippen molar-refractivity contribution in [1.82, 2.24) is 15.2 Å². The van der Waals surface area contributed by atoms with Gasteiger partial charge in [0.15, 0.2) is 0 Å². The lowest BCUT2D eigenvalue weighted by atomic mass is 10.0. The maximum Gasteiger partial charge on any atom is 0.142 e. The fraction of sp³-hybridized carbons (Fsp3) is 0.294. The summed E-state index contributed by atoms with van der Waals surface area (Å²) >= 11 is 13.7. The summed E-state index contributed by atoms with van der Waals surface area (Å²) in [6, 6.07) is 25.8. The largest absolute Gasteiger partial charge is 0.488 e. The van der Waals surface area contributed by atoms with Crippen molar-refractivity contribution in [3.8, 4) is 22.6 Å². The topological polar surface area (TPSA) is 86.6 Å². The normalized spacial score (nSPS) is 14.6. The van der Waals surface area contributed by atoms with Crippen LogP contribution >= 0.6 is 23.2 Å². The van der Waals surface area contributed by atoms with Gasteiger partial charge in [-0.1, -0.05) is 84.2 Å². The predicted octanol–water partition coefficient (Wildman–Crippen LogP) is 7.71. The smallest absolute Gasteiger partial charge is 0.142 e. The van der Waals surface area contributed by atoms with E-state index in [2.05, 4.69) is 15.2 Å².